The lowest BCUT2D eigenvalue weighted by atomic mass is 10.1. The Balaban J connectivity index is 2.29. The number of aromatic nitrogens is 1. The second-order valence-electron chi connectivity index (χ2n) is 5.14. The van der Waals surface area contributed by atoms with Crippen LogP contribution in [0.2, 0.25) is 0 Å². The highest BCUT2D eigenvalue weighted by Gasteiger charge is 2.18. The van der Waals surface area contributed by atoms with E-state index in [2.05, 4.69) is 11.0 Å². The molecule has 110 valence electrons. The number of carboxylic acids is 1. The summed E-state index contributed by atoms with van der Waals surface area (Å²) in [5.41, 5.74) is 2.48. The Bertz CT molecular complexity index is 684. The predicted molar refractivity (Wildman–Crippen MR) is 79.9 cm³/mol. The van der Waals surface area contributed by atoms with Crippen molar-refractivity contribution < 1.29 is 9.90 Å². The Labute approximate surface area is 124 Å². The summed E-state index contributed by atoms with van der Waals surface area (Å²) in [6.45, 7) is 5.22. The van der Waals surface area contributed by atoms with Crippen molar-refractivity contribution in [3.63, 3.8) is 0 Å². The summed E-state index contributed by atoms with van der Waals surface area (Å²) in [5, 5.41) is 18.3. The Morgan fingerprint density at radius 2 is 2.29 bits per heavy atom. The van der Waals surface area contributed by atoms with Crippen molar-refractivity contribution in [2.75, 3.05) is 6.54 Å². The van der Waals surface area contributed by atoms with Gasteiger partial charge in [-0.3, -0.25) is 9.69 Å². The molecular formula is C16H19N3O2. The lowest BCUT2D eigenvalue weighted by Gasteiger charge is -2.26. The number of carboxylic acid groups (broad SMARTS) is 1. The lowest BCUT2D eigenvalue weighted by Crippen LogP contribution is -2.34. The van der Waals surface area contributed by atoms with Crippen molar-refractivity contribution in [2.45, 2.75) is 32.9 Å². The van der Waals surface area contributed by atoms with Crippen LogP contribution in [-0.4, -0.2) is 33.0 Å². The zero-order chi connectivity index (χ0) is 15.4. The van der Waals surface area contributed by atoms with Gasteiger partial charge in [-0.1, -0.05) is 13.0 Å². The summed E-state index contributed by atoms with van der Waals surface area (Å²) in [4.78, 5) is 12.9. The number of nitrogens with zero attached hydrogens (tertiary/aromatic N) is 3. The number of hydrogen-bond acceptors (Lipinski definition) is 3. The van der Waals surface area contributed by atoms with Crippen molar-refractivity contribution >= 4 is 11.5 Å². The molecule has 5 heteroatoms. The van der Waals surface area contributed by atoms with E-state index in [1.165, 1.54) is 0 Å². The third-order valence-electron chi connectivity index (χ3n) is 3.75. The minimum absolute atomic E-state index is 0.0675. The van der Waals surface area contributed by atoms with Gasteiger partial charge in [-0.25, -0.2) is 0 Å². The molecule has 0 aliphatic rings. The largest absolute Gasteiger partial charge is 0.481 e. The van der Waals surface area contributed by atoms with Gasteiger partial charge in [0.1, 0.15) is 6.07 Å². The summed E-state index contributed by atoms with van der Waals surface area (Å²) in [5.74, 6) is -0.802. The minimum Gasteiger partial charge on any atom is -0.481 e. The maximum atomic E-state index is 10.9. The van der Waals surface area contributed by atoms with Gasteiger partial charge >= 0.3 is 5.97 Å². The summed E-state index contributed by atoms with van der Waals surface area (Å²) in [6.07, 6.45) is 3.96. The molecule has 2 aromatic rings. The first kappa shape index (κ1) is 15.1. The molecule has 0 spiro atoms. The fraction of sp³-hybridized carbons (Fsp3) is 0.375. The highest BCUT2D eigenvalue weighted by atomic mass is 16.4. The average molecular weight is 285 g/mol. The SMILES string of the molecule is CCN(Cc1cn2ccccc2c1C#N)C(C)CC(=O)O. The molecule has 1 atom stereocenters. The maximum absolute atomic E-state index is 10.9. The van der Waals surface area contributed by atoms with Gasteiger partial charge in [-0.15, -0.1) is 0 Å². The molecule has 0 aliphatic heterocycles. The van der Waals surface area contributed by atoms with E-state index < -0.39 is 5.97 Å². The predicted octanol–water partition coefficient (Wildman–Crippen LogP) is 2.50. The summed E-state index contributed by atoms with van der Waals surface area (Å²) < 4.78 is 1.93. The molecule has 5 nitrogen and oxygen atoms in total. The number of fused-ring (bicyclic) bond motifs is 1. The number of nitriles is 1. The zero-order valence-electron chi connectivity index (χ0n) is 12.3. The van der Waals surface area contributed by atoms with Gasteiger partial charge in [-0.2, -0.15) is 5.26 Å². The molecule has 2 rings (SSSR count). The van der Waals surface area contributed by atoms with E-state index >= 15 is 0 Å². The number of pyridine rings is 1. The van der Waals surface area contributed by atoms with Crippen molar-refractivity contribution in [1.82, 2.24) is 9.30 Å². The Morgan fingerprint density at radius 1 is 1.52 bits per heavy atom. The Morgan fingerprint density at radius 3 is 2.90 bits per heavy atom. The average Bonchev–Trinajstić information content (AvgIpc) is 2.80. The second-order valence-corrected chi connectivity index (χ2v) is 5.14. The topological polar surface area (TPSA) is 68.7 Å². The standard InChI is InChI=1S/C16H19N3O2/c1-3-18(12(2)8-16(20)21)10-13-11-19-7-5-4-6-15(19)14(13)9-17/h4-7,11-12H,3,8,10H2,1-2H3,(H,20,21). The molecule has 21 heavy (non-hydrogen) atoms. The van der Waals surface area contributed by atoms with E-state index in [4.69, 9.17) is 5.11 Å². The fourth-order valence-electron chi connectivity index (χ4n) is 2.61. The maximum Gasteiger partial charge on any atom is 0.304 e. The van der Waals surface area contributed by atoms with Crippen LogP contribution in [0.4, 0.5) is 0 Å². The summed E-state index contributed by atoms with van der Waals surface area (Å²) in [7, 11) is 0. The van der Waals surface area contributed by atoms with Crippen LogP contribution in [0.3, 0.4) is 0 Å². The van der Waals surface area contributed by atoms with Crippen LogP contribution in [0.1, 0.15) is 31.4 Å². The van der Waals surface area contributed by atoms with Crippen LogP contribution in [0, 0.1) is 11.3 Å². The summed E-state index contributed by atoms with van der Waals surface area (Å²) >= 11 is 0. The zero-order valence-corrected chi connectivity index (χ0v) is 12.3. The number of rotatable bonds is 6. The molecule has 0 radical (unpaired) electrons. The van der Waals surface area contributed by atoms with Crippen molar-refractivity contribution in [1.29, 1.82) is 5.26 Å². The van der Waals surface area contributed by atoms with Crippen molar-refractivity contribution in [3.05, 3.63) is 41.7 Å². The highest BCUT2D eigenvalue weighted by Crippen LogP contribution is 2.20. The van der Waals surface area contributed by atoms with E-state index in [9.17, 15) is 10.1 Å². The second kappa shape index (κ2) is 6.42. The number of hydrogen-bond donors (Lipinski definition) is 1. The highest BCUT2D eigenvalue weighted by molar-refractivity contribution is 5.67. The van der Waals surface area contributed by atoms with Crippen LogP contribution in [0.15, 0.2) is 30.6 Å². The van der Waals surface area contributed by atoms with Gasteiger partial charge in [0.25, 0.3) is 0 Å². The monoisotopic (exact) mass is 285 g/mol. The van der Waals surface area contributed by atoms with E-state index in [0.29, 0.717) is 12.1 Å². The molecule has 0 saturated carbocycles. The van der Waals surface area contributed by atoms with Gasteiger partial charge in [0.15, 0.2) is 0 Å². The van der Waals surface area contributed by atoms with E-state index in [-0.39, 0.29) is 12.5 Å². The first-order chi connectivity index (χ1) is 10.1. The molecule has 0 amide bonds. The molecule has 0 bridgehead atoms. The van der Waals surface area contributed by atoms with Crippen LogP contribution in [0.25, 0.3) is 5.52 Å². The molecule has 1 N–H and O–H groups in total. The molecule has 0 saturated heterocycles. The van der Waals surface area contributed by atoms with Crippen molar-refractivity contribution in [2.24, 2.45) is 0 Å². The van der Waals surface area contributed by atoms with E-state index in [0.717, 1.165) is 17.6 Å². The molecule has 0 fully saturated rings. The van der Waals surface area contributed by atoms with E-state index in [1.54, 1.807) is 0 Å². The van der Waals surface area contributed by atoms with Crippen molar-refractivity contribution in [3.8, 4) is 6.07 Å². The normalized spacial score (nSPS) is 12.5. The third kappa shape index (κ3) is 3.23. The quantitative estimate of drug-likeness (QED) is 0.885. The van der Waals surface area contributed by atoms with Crippen LogP contribution in [0.5, 0.6) is 0 Å². The van der Waals surface area contributed by atoms with Gasteiger partial charge in [0.05, 0.1) is 17.5 Å². The molecule has 2 aromatic heterocycles. The van der Waals surface area contributed by atoms with Gasteiger partial charge in [0.2, 0.25) is 0 Å². The third-order valence-corrected chi connectivity index (χ3v) is 3.75. The Kier molecular flexibility index (Phi) is 4.61. The van der Waals surface area contributed by atoms with Gasteiger partial charge < -0.3 is 9.51 Å². The van der Waals surface area contributed by atoms with E-state index in [1.807, 2.05) is 48.8 Å². The number of aliphatic carboxylic acids is 1. The summed E-state index contributed by atoms with van der Waals surface area (Å²) in [6, 6.07) is 7.94. The lowest BCUT2D eigenvalue weighted by molar-refractivity contribution is -0.138. The first-order valence-corrected chi connectivity index (χ1v) is 7.01. The molecule has 0 aromatic carbocycles. The smallest absolute Gasteiger partial charge is 0.304 e. The first-order valence-electron chi connectivity index (χ1n) is 7.01. The molecule has 1 unspecified atom stereocenters. The van der Waals surface area contributed by atoms with Crippen LogP contribution in [-0.2, 0) is 11.3 Å². The Hall–Kier alpha value is -2.32. The molecule has 2 heterocycles. The van der Waals surface area contributed by atoms with Crippen LogP contribution < -0.4 is 0 Å². The van der Waals surface area contributed by atoms with Crippen LogP contribution >= 0.6 is 0 Å². The number of carbonyl (C=O) groups is 1. The molecular weight excluding hydrogens is 266 g/mol. The van der Waals surface area contributed by atoms with Gasteiger partial charge in [0, 0.05) is 30.5 Å². The minimum atomic E-state index is -0.802. The van der Waals surface area contributed by atoms with Gasteiger partial charge in [-0.05, 0) is 25.6 Å². The fourth-order valence-corrected chi connectivity index (χ4v) is 2.61. The molecule has 0 aliphatic carbocycles.